The molecule has 0 aliphatic carbocycles. The van der Waals surface area contributed by atoms with Crippen molar-refractivity contribution in [3.05, 3.63) is 56.5 Å². The lowest BCUT2D eigenvalue weighted by molar-refractivity contribution is -0.123. The van der Waals surface area contributed by atoms with Crippen molar-refractivity contribution in [2.75, 3.05) is 13.7 Å². The van der Waals surface area contributed by atoms with E-state index in [1.165, 1.54) is 11.8 Å². The Morgan fingerprint density at radius 3 is 2.32 bits per heavy atom. The number of benzene rings is 2. The van der Waals surface area contributed by atoms with Crippen LogP contribution in [0.25, 0.3) is 0 Å². The fourth-order valence-corrected chi connectivity index (χ4v) is 5.10. The summed E-state index contributed by atoms with van der Waals surface area (Å²) in [6.45, 7) is 11.1. The molecule has 0 saturated heterocycles. The zero-order valence-corrected chi connectivity index (χ0v) is 22.1. The maximum Gasteiger partial charge on any atom is 0.277 e. The van der Waals surface area contributed by atoms with Gasteiger partial charge in [-0.3, -0.25) is 4.79 Å². The maximum absolute atomic E-state index is 12.1. The summed E-state index contributed by atoms with van der Waals surface area (Å²) < 4.78 is 12.6. The number of halogens is 2. The van der Waals surface area contributed by atoms with E-state index >= 15 is 0 Å². The molecule has 0 aromatic heterocycles. The Balaban J connectivity index is 1.91. The average Bonchev–Trinajstić information content (AvgIpc) is 2.64. The number of carbonyl (C=O) groups is 1. The number of methoxy groups -OCH3 is 1. The van der Waals surface area contributed by atoms with Crippen LogP contribution in [-0.4, -0.2) is 25.8 Å². The monoisotopic (exact) mass is 552 g/mol. The highest BCUT2D eigenvalue weighted by molar-refractivity contribution is 9.11. The molecule has 7 heteroatoms. The summed E-state index contributed by atoms with van der Waals surface area (Å²) in [6.07, 6.45) is 2.60. The predicted octanol–water partition coefficient (Wildman–Crippen LogP) is 6.46. The van der Waals surface area contributed by atoms with Crippen molar-refractivity contribution in [1.82, 2.24) is 5.43 Å². The van der Waals surface area contributed by atoms with Crippen LogP contribution in [0.2, 0.25) is 0 Å². The van der Waals surface area contributed by atoms with E-state index in [1.807, 2.05) is 24.3 Å². The van der Waals surface area contributed by atoms with Gasteiger partial charge in [0.25, 0.3) is 5.91 Å². The lowest BCUT2D eigenvalue weighted by atomic mass is 9.72. The van der Waals surface area contributed by atoms with Gasteiger partial charge in [0, 0.05) is 10.0 Å². The largest absolute Gasteiger partial charge is 0.495 e. The van der Waals surface area contributed by atoms with Crippen molar-refractivity contribution >= 4 is 44.0 Å². The first-order chi connectivity index (χ1) is 14.4. The first kappa shape index (κ1) is 25.4. The van der Waals surface area contributed by atoms with E-state index < -0.39 is 0 Å². The van der Waals surface area contributed by atoms with Gasteiger partial charge in [-0.25, -0.2) is 5.43 Å². The highest BCUT2D eigenvalue weighted by atomic mass is 79.9. The molecule has 0 fully saturated rings. The van der Waals surface area contributed by atoms with E-state index in [0.29, 0.717) is 11.5 Å². The Bertz CT molecular complexity index is 933. The molecular formula is C24H30Br2N2O3. The molecule has 0 heterocycles. The van der Waals surface area contributed by atoms with Crippen molar-refractivity contribution in [1.29, 1.82) is 0 Å². The zero-order chi connectivity index (χ0) is 23.2. The molecular weight excluding hydrogens is 524 g/mol. The molecule has 2 rings (SSSR count). The second-order valence-corrected chi connectivity index (χ2v) is 11.0. The third kappa shape index (κ3) is 7.96. The van der Waals surface area contributed by atoms with Crippen LogP contribution in [0.3, 0.4) is 0 Å². The van der Waals surface area contributed by atoms with E-state index in [-0.39, 0.29) is 23.3 Å². The van der Waals surface area contributed by atoms with E-state index in [2.05, 4.69) is 89.1 Å². The van der Waals surface area contributed by atoms with E-state index in [4.69, 9.17) is 9.47 Å². The van der Waals surface area contributed by atoms with Gasteiger partial charge in [0.05, 0.1) is 17.8 Å². The fraction of sp³-hybridized carbons (Fsp3) is 0.417. The Morgan fingerprint density at radius 2 is 1.74 bits per heavy atom. The predicted molar refractivity (Wildman–Crippen MR) is 133 cm³/mol. The van der Waals surface area contributed by atoms with Crippen molar-refractivity contribution in [3.8, 4) is 11.5 Å². The Morgan fingerprint density at radius 1 is 1.10 bits per heavy atom. The van der Waals surface area contributed by atoms with Crippen LogP contribution in [0.5, 0.6) is 11.5 Å². The first-order valence-electron chi connectivity index (χ1n) is 9.99. The average molecular weight is 554 g/mol. The maximum atomic E-state index is 12.1. The van der Waals surface area contributed by atoms with Crippen molar-refractivity contribution < 1.29 is 14.3 Å². The topological polar surface area (TPSA) is 59.9 Å². The molecule has 5 nitrogen and oxygen atoms in total. The number of amides is 1. The minimum Gasteiger partial charge on any atom is -0.495 e. The molecule has 0 saturated carbocycles. The minimum absolute atomic E-state index is 0.0609. The summed E-state index contributed by atoms with van der Waals surface area (Å²) in [5.74, 6) is 0.931. The van der Waals surface area contributed by atoms with Crippen molar-refractivity contribution in [3.63, 3.8) is 0 Å². The Hall–Kier alpha value is -1.86. The molecule has 0 spiro atoms. The molecule has 168 valence electrons. The van der Waals surface area contributed by atoms with Crippen LogP contribution in [0, 0.1) is 5.41 Å². The van der Waals surface area contributed by atoms with E-state index in [1.54, 1.807) is 7.11 Å². The van der Waals surface area contributed by atoms with Crippen LogP contribution in [0.4, 0.5) is 0 Å². The summed E-state index contributed by atoms with van der Waals surface area (Å²) >= 11 is 6.86. The number of hydrogen-bond donors (Lipinski definition) is 1. The third-order valence-electron chi connectivity index (χ3n) is 4.61. The Kier molecular flexibility index (Phi) is 8.72. The molecule has 0 aliphatic heterocycles. The van der Waals surface area contributed by atoms with Gasteiger partial charge >= 0.3 is 0 Å². The van der Waals surface area contributed by atoms with Crippen LogP contribution in [-0.2, 0) is 10.2 Å². The standard InChI is InChI=1S/C24H30Br2N2O3/c1-23(2,3)15-24(4,5)17-7-9-19(10-8-17)31-14-21(29)28-27-13-16-11-18(25)12-20(26)22(16)30-6/h7-13H,14-15H2,1-6H3,(H,28,29)/b27-13+. The van der Waals surface area contributed by atoms with Gasteiger partial charge < -0.3 is 9.47 Å². The molecule has 1 amide bonds. The molecule has 1 N–H and O–H groups in total. The first-order valence-corrected chi connectivity index (χ1v) is 11.6. The number of ether oxygens (including phenoxy) is 2. The highest BCUT2D eigenvalue weighted by Crippen LogP contribution is 2.36. The van der Waals surface area contributed by atoms with Crippen molar-refractivity contribution in [2.45, 2.75) is 46.5 Å². The smallest absolute Gasteiger partial charge is 0.277 e. The van der Waals surface area contributed by atoms with Gasteiger partial charge in [-0.05, 0) is 63.0 Å². The van der Waals surface area contributed by atoms with Gasteiger partial charge in [0.1, 0.15) is 11.5 Å². The molecule has 0 unspecified atom stereocenters. The normalized spacial score (nSPS) is 12.1. The summed E-state index contributed by atoms with van der Waals surface area (Å²) in [5.41, 5.74) is 4.75. The molecule has 0 aliphatic rings. The number of nitrogens with one attached hydrogen (secondary N) is 1. The Labute approximate surface area is 201 Å². The SMILES string of the molecule is COc1c(Br)cc(Br)cc1/C=N/NC(=O)COc1ccc(C(C)(C)CC(C)(C)C)cc1. The van der Waals surface area contributed by atoms with Gasteiger partial charge in [-0.15, -0.1) is 0 Å². The van der Waals surface area contributed by atoms with Crippen LogP contribution in [0.15, 0.2) is 50.4 Å². The molecule has 0 bridgehead atoms. The quantitative estimate of drug-likeness (QED) is 0.301. The molecule has 0 radical (unpaired) electrons. The van der Waals surface area contributed by atoms with E-state index in [9.17, 15) is 4.79 Å². The summed E-state index contributed by atoms with van der Waals surface area (Å²) in [7, 11) is 1.58. The summed E-state index contributed by atoms with van der Waals surface area (Å²) in [5, 5.41) is 4.00. The minimum atomic E-state index is -0.346. The molecule has 31 heavy (non-hydrogen) atoms. The van der Waals surface area contributed by atoms with E-state index in [0.717, 1.165) is 20.9 Å². The lowest BCUT2D eigenvalue weighted by Gasteiger charge is -2.33. The number of hydrazone groups is 1. The molecule has 2 aromatic rings. The van der Waals surface area contributed by atoms with Gasteiger partial charge in [-0.1, -0.05) is 62.7 Å². The van der Waals surface area contributed by atoms with Gasteiger partial charge in [0.15, 0.2) is 6.61 Å². The second-order valence-electron chi connectivity index (χ2n) is 9.24. The number of carbonyl (C=O) groups excluding carboxylic acids is 1. The van der Waals surface area contributed by atoms with Gasteiger partial charge in [-0.2, -0.15) is 5.10 Å². The van der Waals surface area contributed by atoms with Crippen molar-refractivity contribution in [2.24, 2.45) is 10.5 Å². The molecule has 2 aromatic carbocycles. The fourth-order valence-electron chi connectivity index (χ4n) is 3.68. The van der Waals surface area contributed by atoms with Crippen LogP contribution < -0.4 is 14.9 Å². The second kappa shape index (κ2) is 10.6. The number of hydrogen-bond acceptors (Lipinski definition) is 4. The van der Waals surface area contributed by atoms with Gasteiger partial charge in [0.2, 0.25) is 0 Å². The summed E-state index contributed by atoms with van der Waals surface area (Å²) in [4.78, 5) is 12.1. The zero-order valence-electron chi connectivity index (χ0n) is 18.9. The lowest BCUT2D eigenvalue weighted by Crippen LogP contribution is -2.25. The van der Waals surface area contributed by atoms with Crippen LogP contribution >= 0.6 is 31.9 Å². The third-order valence-corrected chi connectivity index (χ3v) is 5.66. The summed E-state index contributed by atoms with van der Waals surface area (Å²) in [6, 6.07) is 11.7. The molecule has 0 atom stereocenters. The van der Waals surface area contributed by atoms with Crippen LogP contribution in [0.1, 0.15) is 52.2 Å². The highest BCUT2D eigenvalue weighted by Gasteiger charge is 2.27. The number of rotatable bonds is 8. The number of nitrogens with zero attached hydrogens (tertiary/aromatic N) is 1.